The van der Waals surface area contributed by atoms with Crippen LogP contribution in [0.1, 0.15) is 30.5 Å². The van der Waals surface area contributed by atoms with Gasteiger partial charge in [-0.3, -0.25) is 0 Å². The molecule has 0 fully saturated rings. The van der Waals surface area contributed by atoms with E-state index in [1.165, 1.54) is 6.07 Å². The van der Waals surface area contributed by atoms with Gasteiger partial charge in [-0.25, -0.2) is 4.39 Å². The topological polar surface area (TPSA) is 53.7 Å². The van der Waals surface area contributed by atoms with E-state index >= 15 is 0 Å². The maximum absolute atomic E-state index is 13.5. The molecule has 114 valence electrons. The molecule has 0 spiro atoms. The lowest BCUT2D eigenvalue weighted by molar-refractivity contribution is 0.0643. The molecular weight excluding hydrogens is 261 g/mol. The van der Waals surface area contributed by atoms with Crippen LogP contribution in [-0.4, -0.2) is 33.5 Å². The van der Waals surface area contributed by atoms with Crippen molar-refractivity contribution >= 4 is 0 Å². The Labute approximate surface area is 120 Å². The van der Waals surface area contributed by atoms with E-state index in [-0.39, 0.29) is 11.9 Å². The number of benzene rings is 1. The van der Waals surface area contributed by atoms with Gasteiger partial charge in [0.15, 0.2) is 0 Å². The van der Waals surface area contributed by atoms with Crippen molar-refractivity contribution in [2.45, 2.75) is 26.3 Å². The van der Waals surface area contributed by atoms with E-state index in [1.54, 1.807) is 20.1 Å². The second-order valence-electron chi connectivity index (χ2n) is 4.74. The second kappa shape index (κ2) is 8.89. The van der Waals surface area contributed by atoms with E-state index in [9.17, 15) is 4.39 Å². The zero-order chi connectivity index (χ0) is 15.0. The van der Waals surface area contributed by atoms with Gasteiger partial charge in [-0.15, -0.1) is 0 Å². The molecule has 1 rings (SSSR count). The molecule has 5 heteroatoms. The van der Waals surface area contributed by atoms with Gasteiger partial charge in [0.25, 0.3) is 0 Å². The van der Waals surface area contributed by atoms with Crippen LogP contribution < -0.4 is 10.5 Å². The molecule has 1 aromatic carbocycles. The maximum Gasteiger partial charge on any atom is 0.126 e. The first kappa shape index (κ1) is 16.9. The third-order valence-corrected chi connectivity index (χ3v) is 2.90. The summed E-state index contributed by atoms with van der Waals surface area (Å²) in [7, 11) is 1.64. The molecular formula is C15H24FNO3. The summed E-state index contributed by atoms with van der Waals surface area (Å²) in [6.07, 6.45) is 0.762. The van der Waals surface area contributed by atoms with Crippen molar-refractivity contribution in [3.05, 3.63) is 29.1 Å². The highest BCUT2D eigenvalue weighted by molar-refractivity contribution is 5.39. The summed E-state index contributed by atoms with van der Waals surface area (Å²) >= 11 is 0. The van der Waals surface area contributed by atoms with Gasteiger partial charge in [0.1, 0.15) is 11.6 Å². The predicted octanol–water partition coefficient (Wildman–Crippen LogP) is 2.59. The molecule has 20 heavy (non-hydrogen) atoms. The van der Waals surface area contributed by atoms with Crippen LogP contribution in [0.2, 0.25) is 0 Å². The Morgan fingerprint density at radius 1 is 1.20 bits per heavy atom. The Morgan fingerprint density at radius 2 is 1.95 bits per heavy atom. The average Bonchev–Trinajstić information content (AvgIpc) is 2.41. The highest BCUT2D eigenvalue weighted by Gasteiger charge is 2.12. The second-order valence-corrected chi connectivity index (χ2v) is 4.74. The highest BCUT2D eigenvalue weighted by atomic mass is 19.1. The smallest absolute Gasteiger partial charge is 0.126 e. The van der Waals surface area contributed by atoms with Crippen molar-refractivity contribution in [3.63, 3.8) is 0 Å². The molecule has 0 aliphatic heterocycles. The van der Waals surface area contributed by atoms with Gasteiger partial charge in [0.05, 0.1) is 19.8 Å². The van der Waals surface area contributed by atoms with E-state index in [2.05, 4.69) is 0 Å². The Bertz CT molecular complexity index is 410. The van der Waals surface area contributed by atoms with Crippen LogP contribution in [0.15, 0.2) is 12.1 Å². The number of halogens is 1. The van der Waals surface area contributed by atoms with E-state index in [1.807, 2.05) is 6.92 Å². The van der Waals surface area contributed by atoms with Gasteiger partial charge < -0.3 is 19.9 Å². The molecule has 0 aromatic heterocycles. The minimum Gasteiger partial charge on any atom is -0.493 e. The van der Waals surface area contributed by atoms with Crippen molar-refractivity contribution in [3.8, 4) is 5.75 Å². The number of rotatable bonds is 9. The molecule has 0 amide bonds. The van der Waals surface area contributed by atoms with Gasteiger partial charge in [-0.2, -0.15) is 0 Å². The summed E-state index contributed by atoms with van der Waals surface area (Å²) in [5.74, 6) is 0.392. The molecule has 0 radical (unpaired) electrons. The molecule has 0 heterocycles. The van der Waals surface area contributed by atoms with E-state index in [0.29, 0.717) is 43.3 Å². The number of hydrogen-bond acceptors (Lipinski definition) is 4. The van der Waals surface area contributed by atoms with Crippen LogP contribution in [-0.2, 0) is 9.47 Å². The summed E-state index contributed by atoms with van der Waals surface area (Å²) in [6, 6.07) is 2.88. The summed E-state index contributed by atoms with van der Waals surface area (Å²) in [6.45, 7) is 5.81. The molecule has 1 atom stereocenters. The van der Waals surface area contributed by atoms with Gasteiger partial charge >= 0.3 is 0 Å². The Kier molecular flexibility index (Phi) is 7.51. The number of aryl methyl sites for hydroxylation is 1. The number of hydrogen-bond donors (Lipinski definition) is 1. The first-order chi connectivity index (χ1) is 9.56. The zero-order valence-corrected chi connectivity index (χ0v) is 12.4. The number of nitrogens with two attached hydrogens (primary N) is 1. The van der Waals surface area contributed by atoms with Crippen LogP contribution in [0.3, 0.4) is 0 Å². The van der Waals surface area contributed by atoms with Crippen molar-refractivity contribution in [2.24, 2.45) is 5.73 Å². The van der Waals surface area contributed by atoms with Gasteiger partial charge in [0.2, 0.25) is 0 Å². The number of ether oxygens (including phenoxy) is 3. The average molecular weight is 285 g/mol. The zero-order valence-electron chi connectivity index (χ0n) is 12.4. The van der Waals surface area contributed by atoms with E-state index in [0.717, 1.165) is 6.42 Å². The van der Waals surface area contributed by atoms with Crippen molar-refractivity contribution < 1.29 is 18.6 Å². The Balaban J connectivity index is 2.45. The molecule has 4 nitrogen and oxygen atoms in total. The lowest BCUT2D eigenvalue weighted by Crippen LogP contribution is -2.11. The third-order valence-electron chi connectivity index (χ3n) is 2.90. The maximum atomic E-state index is 13.5. The Morgan fingerprint density at radius 3 is 2.60 bits per heavy atom. The highest BCUT2D eigenvalue weighted by Crippen LogP contribution is 2.27. The van der Waals surface area contributed by atoms with Crippen molar-refractivity contribution in [2.75, 3.05) is 33.5 Å². The van der Waals surface area contributed by atoms with Crippen molar-refractivity contribution in [1.82, 2.24) is 0 Å². The van der Waals surface area contributed by atoms with Crippen LogP contribution >= 0.6 is 0 Å². The quantitative estimate of drug-likeness (QED) is 0.709. The monoisotopic (exact) mass is 285 g/mol. The summed E-state index contributed by atoms with van der Waals surface area (Å²) in [5.41, 5.74) is 7.08. The first-order valence-corrected chi connectivity index (χ1v) is 6.81. The van der Waals surface area contributed by atoms with Gasteiger partial charge in [-0.05, 0) is 31.5 Å². The molecule has 0 saturated carbocycles. The first-order valence-electron chi connectivity index (χ1n) is 6.81. The molecule has 0 aliphatic rings. The fourth-order valence-corrected chi connectivity index (χ4v) is 1.74. The molecule has 0 unspecified atom stereocenters. The van der Waals surface area contributed by atoms with Crippen LogP contribution in [0.25, 0.3) is 0 Å². The minimum atomic E-state index is -0.266. The SMILES string of the molecule is COCCOCCCOc1cc(C)c(F)cc1[C@@H](C)N. The number of methoxy groups -OCH3 is 1. The van der Waals surface area contributed by atoms with E-state index < -0.39 is 0 Å². The van der Waals surface area contributed by atoms with Crippen LogP contribution in [0.5, 0.6) is 5.75 Å². The summed E-state index contributed by atoms with van der Waals surface area (Å²) in [4.78, 5) is 0. The van der Waals surface area contributed by atoms with E-state index in [4.69, 9.17) is 19.9 Å². The standard InChI is InChI=1S/C15H24FNO3/c1-11-9-15(13(12(2)17)10-14(11)16)20-6-4-5-19-8-7-18-3/h9-10,12H,4-8,17H2,1-3H3/t12-/m1/s1. The molecule has 1 aromatic rings. The predicted molar refractivity (Wildman–Crippen MR) is 76.5 cm³/mol. The summed E-state index contributed by atoms with van der Waals surface area (Å²) in [5, 5.41) is 0. The summed E-state index contributed by atoms with van der Waals surface area (Å²) < 4.78 is 29.4. The molecule has 2 N–H and O–H groups in total. The third kappa shape index (κ3) is 5.45. The van der Waals surface area contributed by atoms with Gasteiger partial charge in [0, 0.05) is 31.7 Å². The lowest BCUT2D eigenvalue weighted by atomic mass is 10.1. The largest absolute Gasteiger partial charge is 0.493 e. The molecule has 0 aliphatic carbocycles. The fraction of sp³-hybridized carbons (Fsp3) is 0.600. The molecule has 0 bridgehead atoms. The Hall–Kier alpha value is -1.17. The molecule has 0 saturated heterocycles. The van der Waals surface area contributed by atoms with Crippen molar-refractivity contribution in [1.29, 1.82) is 0 Å². The minimum absolute atomic E-state index is 0.257. The normalized spacial score (nSPS) is 12.4. The fourth-order valence-electron chi connectivity index (χ4n) is 1.74. The van der Waals surface area contributed by atoms with Crippen LogP contribution in [0.4, 0.5) is 4.39 Å². The van der Waals surface area contributed by atoms with Crippen LogP contribution in [0, 0.1) is 12.7 Å². The lowest BCUT2D eigenvalue weighted by Gasteiger charge is -2.15. The van der Waals surface area contributed by atoms with Gasteiger partial charge in [-0.1, -0.05) is 0 Å².